The maximum atomic E-state index is 13.0. The van der Waals surface area contributed by atoms with Crippen molar-refractivity contribution in [3.05, 3.63) is 29.1 Å². The number of carbonyl (C=O) groups is 1. The van der Waals surface area contributed by atoms with Crippen molar-refractivity contribution in [2.24, 2.45) is 7.05 Å². The first kappa shape index (κ1) is 15.7. The van der Waals surface area contributed by atoms with Gasteiger partial charge in [-0.2, -0.15) is 10.2 Å². The van der Waals surface area contributed by atoms with Gasteiger partial charge in [0.2, 0.25) is 0 Å². The molecule has 1 unspecified atom stereocenters. The normalized spacial score (nSPS) is 18.7. The molecule has 1 atom stereocenters. The van der Waals surface area contributed by atoms with Crippen LogP contribution < -0.4 is 0 Å². The third-order valence-electron chi connectivity index (χ3n) is 4.36. The smallest absolute Gasteiger partial charge is 0.257 e. The number of rotatable bonds is 3. The van der Waals surface area contributed by atoms with E-state index in [4.69, 9.17) is 0 Å². The molecular formula is C16H24N6O. The Morgan fingerprint density at radius 3 is 2.78 bits per heavy atom. The summed E-state index contributed by atoms with van der Waals surface area (Å²) in [5, 5.41) is 11.6. The van der Waals surface area contributed by atoms with E-state index in [1.165, 1.54) is 0 Å². The maximum Gasteiger partial charge on any atom is 0.257 e. The van der Waals surface area contributed by atoms with Crippen molar-refractivity contribution in [3.8, 4) is 0 Å². The van der Waals surface area contributed by atoms with E-state index in [0.29, 0.717) is 5.56 Å². The summed E-state index contributed by atoms with van der Waals surface area (Å²) < 4.78 is 1.69. The van der Waals surface area contributed by atoms with Crippen LogP contribution in [0.25, 0.3) is 0 Å². The van der Waals surface area contributed by atoms with Gasteiger partial charge in [0.05, 0.1) is 17.3 Å². The zero-order chi connectivity index (χ0) is 16.6. The third kappa shape index (κ3) is 3.00. The quantitative estimate of drug-likeness (QED) is 0.942. The van der Waals surface area contributed by atoms with Crippen molar-refractivity contribution in [1.29, 1.82) is 0 Å². The molecule has 0 aromatic carbocycles. The molecule has 1 aliphatic heterocycles. The van der Waals surface area contributed by atoms with E-state index >= 15 is 0 Å². The number of piperidine rings is 1. The second-order valence-corrected chi connectivity index (χ2v) is 6.55. The Hall–Kier alpha value is -2.18. The van der Waals surface area contributed by atoms with E-state index < -0.39 is 0 Å². The second kappa shape index (κ2) is 6.14. The predicted octanol–water partition coefficient (Wildman–Crippen LogP) is 2.34. The topological polar surface area (TPSA) is 79.7 Å². The number of hydrogen-bond donors (Lipinski definition) is 1. The van der Waals surface area contributed by atoms with Gasteiger partial charge in [0.1, 0.15) is 5.82 Å². The molecule has 0 radical (unpaired) electrons. The monoisotopic (exact) mass is 316 g/mol. The summed E-state index contributed by atoms with van der Waals surface area (Å²) in [5.74, 6) is 1.90. The van der Waals surface area contributed by atoms with Gasteiger partial charge in [0, 0.05) is 25.7 Å². The van der Waals surface area contributed by atoms with Crippen molar-refractivity contribution in [2.75, 3.05) is 6.54 Å². The number of hydrogen-bond acceptors (Lipinski definition) is 4. The van der Waals surface area contributed by atoms with Crippen LogP contribution in [0.5, 0.6) is 0 Å². The maximum absolute atomic E-state index is 13.0. The van der Waals surface area contributed by atoms with Crippen molar-refractivity contribution in [1.82, 2.24) is 29.9 Å². The molecule has 1 N–H and O–H groups in total. The Balaban J connectivity index is 1.89. The van der Waals surface area contributed by atoms with Gasteiger partial charge in [-0.05, 0) is 26.2 Å². The Morgan fingerprint density at radius 2 is 2.17 bits per heavy atom. The summed E-state index contributed by atoms with van der Waals surface area (Å²) in [5.41, 5.74) is 1.44. The first-order valence-electron chi connectivity index (χ1n) is 8.20. The van der Waals surface area contributed by atoms with Crippen LogP contribution in [0.15, 0.2) is 6.20 Å². The van der Waals surface area contributed by atoms with Gasteiger partial charge in [-0.3, -0.25) is 14.6 Å². The highest BCUT2D eigenvalue weighted by Gasteiger charge is 2.32. The summed E-state index contributed by atoms with van der Waals surface area (Å²) in [6, 6.07) is -0.0316. The predicted molar refractivity (Wildman–Crippen MR) is 86.0 cm³/mol. The molecule has 1 aliphatic rings. The van der Waals surface area contributed by atoms with Crippen LogP contribution in [0.2, 0.25) is 0 Å². The Bertz CT molecular complexity index is 701. The molecule has 1 saturated heterocycles. The largest absolute Gasteiger partial charge is 0.328 e. The molecule has 0 spiro atoms. The first-order chi connectivity index (χ1) is 11.0. The molecule has 0 bridgehead atoms. The minimum atomic E-state index is -0.0316. The SMILES string of the molecule is Cc1nn(C)cc1C(=O)N1CCCCC1c1nc(C(C)C)n[nH]1. The zero-order valence-electron chi connectivity index (χ0n) is 14.2. The van der Waals surface area contributed by atoms with Crippen molar-refractivity contribution in [2.45, 2.75) is 52.0 Å². The Morgan fingerprint density at radius 1 is 1.39 bits per heavy atom. The van der Waals surface area contributed by atoms with Crippen molar-refractivity contribution < 1.29 is 4.79 Å². The standard InChI is InChI=1S/C16H24N6O/c1-10(2)14-17-15(19-18-14)13-7-5-6-8-22(13)16(23)12-9-21(4)20-11(12)3/h9-10,13H,5-8H2,1-4H3,(H,17,18,19). The Labute approximate surface area is 136 Å². The van der Waals surface area contributed by atoms with Gasteiger partial charge in [-0.1, -0.05) is 13.8 Å². The molecule has 2 aromatic rings. The minimum Gasteiger partial charge on any atom is -0.328 e. The van der Waals surface area contributed by atoms with E-state index in [1.54, 1.807) is 10.9 Å². The molecule has 7 heteroatoms. The third-order valence-corrected chi connectivity index (χ3v) is 4.36. The number of nitrogens with one attached hydrogen (secondary N) is 1. The number of aromatic nitrogens is 5. The molecule has 0 saturated carbocycles. The van der Waals surface area contributed by atoms with Crippen LogP contribution >= 0.6 is 0 Å². The lowest BCUT2D eigenvalue weighted by Gasteiger charge is -2.34. The minimum absolute atomic E-state index is 0.0304. The van der Waals surface area contributed by atoms with Gasteiger partial charge in [0.15, 0.2) is 5.82 Å². The molecular weight excluding hydrogens is 292 g/mol. The number of aryl methyl sites for hydroxylation is 2. The highest BCUT2D eigenvalue weighted by atomic mass is 16.2. The summed E-state index contributed by atoms with van der Waals surface area (Å²) in [6.07, 6.45) is 4.83. The molecule has 3 rings (SSSR count). The van der Waals surface area contributed by atoms with E-state index in [0.717, 1.165) is 43.1 Å². The molecule has 23 heavy (non-hydrogen) atoms. The molecule has 124 valence electrons. The van der Waals surface area contributed by atoms with E-state index in [2.05, 4.69) is 34.1 Å². The number of H-pyrrole nitrogens is 1. The van der Waals surface area contributed by atoms with E-state index in [9.17, 15) is 4.79 Å². The molecule has 1 fully saturated rings. The van der Waals surface area contributed by atoms with Crippen LogP contribution in [-0.4, -0.2) is 42.3 Å². The fraction of sp³-hybridized carbons (Fsp3) is 0.625. The van der Waals surface area contributed by atoms with Crippen LogP contribution in [0.4, 0.5) is 0 Å². The van der Waals surface area contributed by atoms with Gasteiger partial charge < -0.3 is 4.90 Å². The van der Waals surface area contributed by atoms with Crippen molar-refractivity contribution >= 4 is 5.91 Å². The lowest BCUT2D eigenvalue weighted by Crippen LogP contribution is -2.39. The summed E-state index contributed by atoms with van der Waals surface area (Å²) >= 11 is 0. The van der Waals surface area contributed by atoms with Gasteiger partial charge in [-0.25, -0.2) is 4.98 Å². The van der Waals surface area contributed by atoms with Gasteiger partial charge in [0.25, 0.3) is 5.91 Å². The summed E-state index contributed by atoms with van der Waals surface area (Å²) in [7, 11) is 1.84. The molecule has 7 nitrogen and oxygen atoms in total. The van der Waals surface area contributed by atoms with Crippen LogP contribution in [0, 0.1) is 6.92 Å². The van der Waals surface area contributed by atoms with E-state index in [-0.39, 0.29) is 17.9 Å². The Kier molecular flexibility index (Phi) is 4.19. The second-order valence-electron chi connectivity index (χ2n) is 6.55. The lowest BCUT2D eigenvalue weighted by molar-refractivity contribution is 0.0599. The van der Waals surface area contributed by atoms with Crippen molar-refractivity contribution in [3.63, 3.8) is 0 Å². The number of aromatic amines is 1. The summed E-state index contributed by atoms with van der Waals surface area (Å²) in [6.45, 7) is 6.75. The van der Waals surface area contributed by atoms with Crippen LogP contribution in [0.3, 0.4) is 0 Å². The first-order valence-corrected chi connectivity index (χ1v) is 8.20. The number of nitrogens with zero attached hydrogens (tertiary/aromatic N) is 5. The summed E-state index contributed by atoms with van der Waals surface area (Å²) in [4.78, 5) is 19.5. The number of likely N-dealkylation sites (tertiary alicyclic amines) is 1. The fourth-order valence-electron chi connectivity index (χ4n) is 3.12. The highest BCUT2D eigenvalue weighted by molar-refractivity contribution is 5.95. The number of carbonyl (C=O) groups excluding carboxylic acids is 1. The fourth-order valence-corrected chi connectivity index (χ4v) is 3.12. The van der Waals surface area contributed by atoms with Gasteiger partial charge >= 0.3 is 0 Å². The molecule has 2 aromatic heterocycles. The van der Waals surface area contributed by atoms with Crippen LogP contribution in [-0.2, 0) is 7.05 Å². The lowest BCUT2D eigenvalue weighted by atomic mass is 10.0. The highest BCUT2D eigenvalue weighted by Crippen LogP contribution is 2.31. The molecule has 1 amide bonds. The average molecular weight is 316 g/mol. The molecule has 0 aliphatic carbocycles. The van der Waals surface area contributed by atoms with Crippen LogP contribution in [0.1, 0.15) is 72.8 Å². The zero-order valence-corrected chi connectivity index (χ0v) is 14.2. The van der Waals surface area contributed by atoms with E-state index in [1.807, 2.05) is 18.9 Å². The molecule has 3 heterocycles. The number of amides is 1. The van der Waals surface area contributed by atoms with Gasteiger partial charge in [-0.15, -0.1) is 0 Å². The average Bonchev–Trinajstić information content (AvgIpc) is 3.13.